The summed E-state index contributed by atoms with van der Waals surface area (Å²) in [4.78, 5) is 12.0. The summed E-state index contributed by atoms with van der Waals surface area (Å²) in [7, 11) is 0. The van der Waals surface area contributed by atoms with E-state index in [0.29, 0.717) is 31.0 Å². The first-order chi connectivity index (χ1) is 7.27. The quantitative estimate of drug-likeness (QED) is 0.816. The molecule has 15 heavy (non-hydrogen) atoms. The molecule has 0 spiro atoms. The first-order valence-electron chi connectivity index (χ1n) is 4.63. The molecule has 1 aromatic heterocycles. The third-order valence-electron chi connectivity index (χ3n) is 2.13. The van der Waals surface area contributed by atoms with Crippen LogP contribution in [0.4, 0.5) is 0 Å². The lowest BCUT2D eigenvalue weighted by Crippen LogP contribution is -2.15. The van der Waals surface area contributed by atoms with Gasteiger partial charge in [-0.1, -0.05) is 6.07 Å². The number of carbonyl (C=O) groups is 1. The van der Waals surface area contributed by atoms with Gasteiger partial charge >= 0.3 is 5.97 Å². The van der Waals surface area contributed by atoms with Crippen molar-refractivity contribution in [3.8, 4) is 0 Å². The number of carboxylic acids is 1. The van der Waals surface area contributed by atoms with E-state index in [9.17, 15) is 4.79 Å². The molecule has 0 saturated carbocycles. The van der Waals surface area contributed by atoms with Crippen LogP contribution in [0.5, 0.6) is 0 Å². The highest BCUT2D eigenvalue weighted by atomic mass is 32.1. The van der Waals surface area contributed by atoms with Crippen molar-refractivity contribution >= 4 is 17.3 Å². The van der Waals surface area contributed by atoms with Crippen LogP contribution in [0.2, 0.25) is 0 Å². The van der Waals surface area contributed by atoms with E-state index in [0.717, 1.165) is 4.88 Å². The molecule has 0 radical (unpaired) electrons. The number of rotatable bonds is 4. The molecule has 2 heterocycles. The molecule has 0 unspecified atom stereocenters. The molecule has 2 rings (SSSR count). The van der Waals surface area contributed by atoms with Crippen LogP contribution in [0.25, 0.3) is 0 Å². The van der Waals surface area contributed by atoms with Crippen LogP contribution in [0.15, 0.2) is 29.0 Å². The molecule has 0 bridgehead atoms. The van der Waals surface area contributed by atoms with Crippen molar-refractivity contribution in [1.29, 1.82) is 0 Å². The van der Waals surface area contributed by atoms with E-state index < -0.39 is 5.97 Å². The minimum Gasteiger partial charge on any atom is -0.478 e. The number of carboxylic acid groups (broad SMARTS) is 1. The molecule has 2 N–H and O–H groups in total. The normalized spacial score (nSPS) is 15.2. The van der Waals surface area contributed by atoms with Gasteiger partial charge in [-0.25, -0.2) is 4.79 Å². The topological polar surface area (TPSA) is 58.6 Å². The Morgan fingerprint density at radius 3 is 3.20 bits per heavy atom. The number of aliphatic carboxylic acids is 1. The van der Waals surface area contributed by atoms with Crippen LogP contribution in [-0.4, -0.2) is 17.7 Å². The highest BCUT2D eigenvalue weighted by Crippen LogP contribution is 2.18. The standard InChI is InChI=1S/C10H11NO3S/c12-10(13)8-3-4-14-9(8)11-6-7-2-1-5-15-7/h1-2,5,11H,3-4,6H2,(H,12,13). The molecule has 1 aliphatic heterocycles. The van der Waals surface area contributed by atoms with Gasteiger partial charge in [0.25, 0.3) is 0 Å². The highest BCUT2D eigenvalue weighted by molar-refractivity contribution is 7.09. The Hall–Kier alpha value is -1.49. The molecule has 0 atom stereocenters. The number of thiophene rings is 1. The lowest BCUT2D eigenvalue weighted by atomic mass is 10.2. The van der Waals surface area contributed by atoms with Gasteiger partial charge in [0, 0.05) is 11.3 Å². The van der Waals surface area contributed by atoms with E-state index in [-0.39, 0.29) is 0 Å². The molecule has 4 nitrogen and oxygen atoms in total. The minimum absolute atomic E-state index is 0.339. The summed E-state index contributed by atoms with van der Waals surface area (Å²) < 4.78 is 5.22. The molecule has 1 aromatic rings. The van der Waals surface area contributed by atoms with E-state index in [1.807, 2.05) is 17.5 Å². The summed E-state index contributed by atoms with van der Waals surface area (Å²) >= 11 is 1.63. The molecular weight excluding hydrogens is 214 g/mol. The average molecular weight is 225 g/mol. The fourth-order valence-corrected chi connectivity index (χ4v) is 2.04. The second-order valence-electron chi connectivity index (χ2n) is 3.14. The maximum atomic E-state index is 10.8. The molecule has 0 fully saturated rings. The van der Waals surface area contributed by atoms with Gasteiger partial charge in [0.1, 0.15) is 0 Å². The predicted octanol–water partition coefficient (Wildman–Crippen LogP) is 1.55. The SMILES string of the molecule is O=C(O)C1=C(NCc2cccs2)OCC1. The maximum Gasteiger partial charge on any atom is 0.337 e. The first-order valence-corrected chi connectivity index (χ1v) is 5.51. The molecule has 0 aromatic carbocycles. The molecule has 1 aliphatic rings. The van der Waals surface area contributed by atoms with Crippen LogP contribution >= 0.6 is 11.3 Å². The zero-order valence-electron chi connectivity index (χ0n) is 8.03. The second kappa shape index (κ2) is 4.35. The Balaban J connectivity index is 1.99. The van der Waals surface area contributed by atoms with E-state index in [1.165, 1.54) is 0 Å². The number of nitrogens with one attached hydrogen (secondary N) is 1. The Morgan fingerprint density at radius 1 is 1.67 bits per heavy atom. The van der Waals surface area contributed by atoms with Crippen molar-refractivity contribution in [2.75, 3.05) is 6.61 Å². The fourth-order valence-electron chi connectivity index (χ4n) is 1.40. The van der Waals surface area contributed by atoms with Gasteiger partial charge in [0.2, 0.25) is 0 Å². The summed E-state index contributed by atoms with van der Waals surface area (Å²) in [5.74, 6) is -0.489. The molecule has 80 valence electrons. The summed E-state index contributed by atoms with van der Waals surface area (Å²) in [6, 6.07) is 3.96. The molecule has 0 saturated heterocycles. The van der Waals surface area contributed by atoms with Crippen molar-refractivity contribution in [1.82, 2.24) is 5.32 Å². The van der Waals surface area contributed by atoms with E-state index in [1.54, 1.807) is 11.3 Å². The Morgan fingerprint density at radius 2 is 2.53 bits per heavy atom. The highest BCUT2D eigenvalue weighted by Gasteiger charge is 2.21. The first kappa shape index (κ1) is 10.0. The summed E-state index contributed by atoms with van der Waals surface area (Å²) in [5.41, 5.74) is 0.339. The lowest BCUT2D eigenvalue weighted by molar-refractivity contribution is -0.132. The van der Waals surface area contributed by atoms with Crippen molar-refractivity contribution in [3.63, 3.8) is 0 Å². The molecular formula is C10H11NO3S. The number of ether oxygens (including phenoxy) is 1. The third-order valence-corrected chi connectivity index (χ3v) is 3.01. The predicted molar refractivity (Wildman–Crippen MR) is 56.4 cm³/mol. The zero-order valence-corrected chi connectivity index (χ0v) is 8.84. The van der Waals surface area contributed by atoms with Crippen molar-refractivity contribution in [3.05, 3.63) is 33.8 Å². The van der Waals surface area contributed by atoms with Crippen LogP contribution in [-0.2, 0) is 16.1 Å². The Labute approximate surface area is 91.2 Å². The van der Waals surface area contributed by atoms with Gasteiger partial charge in [-0.15, -0.1) is 11.3 Å². The van der Waals surface area contributed by atoms with E-state index >= 15 is 0 Å². The second-order valence-corrected chi connectivity index (χ2v) is 4.18. The maximum absolute atomic E-state index is 10.8. The van der Waals surface area contributed by atoms with Gasteiger partial charge in [-0.3, -0.25) is 0 Å². The van der Waals surface area contributed by atoms with Crippen LogP contribution < -0.4 is 5.32 Å². The monoisotopic (exact) mass is 225 g/mol. The molecule has 5 heteroatoms. The lowest BCUT2D eigenvalue weighted by Gasteiger charge is -2.06. The van der Waals surface area contributed by atoms with Gasteiger partial charge in [-0.05, 0) is 11.4 Å². The van der Waals surface area contributed by atoms with E-state index in [4.69, 9.17) is 9.84 Å². The van der Waals surface area contributed by atoms with Gasteiger partial charge in [0.15, 0.2) is 5.88 Å². The Kier molecular flexibility index (Phi) is 2.91. The van der Waals surface area contributed by atoms with Gasteiger partial charge in [-0.2, -0.15) is 0 Å². The van der Waals surface area contributed by atoms with Crippen molar-refractivity contribution in [2.24, 2.45) is 0 Å². The number of hydrogen-bond donors (Lipinski definition) is 2. The minimum atomic E-state index is -0.902. The van der Waals surface area contributed by atoms with Crippen molar-refractivity contribution in [2.45, 2.75) is 13.0 Å². The fraction of sp³-hybridized carbons (Fsp3) is 0.300. The van der Waals surface area contributed by atoms with Gasteiger partial charge in [0.05, 0.1) is 18.7 Å². The van der Waals surface area contributed by atoms with Crippen LogP contribution in [0.1, 0.15) is 11.3 Å². The summed E-state index contributed by atoms with van der Waals surface area (Å²) in [6.45, 7) is 1.07. The van der Waals surface area contributed by atoms with Crippen LogP contribution in [0, 0.1) is 0 Å². The van der Waals surface area contributed by atoms with E-state index in [2.05, 4.69) is 5.32 Å². The smallest absolute Gasteiger partial charge is 0.337 e. The summed E-state index contributed by atoms with van der Waals surface area (Å²) in [6.07, 6.45) is 0.474. The average Bonchev–Trinajstić information content (AvgIpc) is 2.86. The molecule has 0 aliphatic carbocycles. The zero-order chi connectivity index (χ0) is 10.7. The largest absolute Gasteiger partial charge is 0.478 e. The third kappa shape index (κ3) is 2.30. The van der Waals surface area contributed by atoms with Gasteiger partial charge < -0.3 is 15.2 Å². The summed E-state index contributed by atoms with van der Waals surface area (Å²) in [5, 5.41) is 13.9. The van der Waals surface area contributed by atoms with Crippen molar-refractivity contribution < 1.29 is 14.6 Å². The molecule has 0 amide bonds. The number of hydrogen-bond acceptors (Lipinski definition) is 4. The van der Waals surface area contributed by atoms with Crippen LogP contribution in [0.3, 0.4) is 0 Å². The Bertz CT molecular complexity index is 383.